The lowest BCUT2D eigenvalue weighted by atomic mass is 9.99. The molecule has 2 aromatic rings. The molecule has 1 aliphatic rings. The Balaban J connectivity index is 1.75. The van der Waals surface area contributed by atoms with E-state index in [4.69, 9.17) is 0 Å². The average Bonchev–Trinajstić information content (AvgIpc) is 3.04. The fourth-order valence-electron chi connectivity index (χ4n) is 2.25. The maximum absolute atomic E-state index is 12.2. The molecule has 2 aromatic heterocycles. The van der Waals surface area contributed by atoms with Crippen LogP contribution in [0, 0.1) is 0 Å². The summed E-state index contributed by atoms with van der Waals surface area (Å²) < 4.78 is 0. The van der Waals surface area contributed by atoms with Gasteiger partial charge in [-0.15, -0.1) is 22.7 Å². The van der Waals surface area contributed by atoms with Crippen molar-refractivity contribution >= 4 is 39.5 Å². The summed E-state index contributed by atoms with van der Waals surface area (Å²) >= 11 is 2.85. The second kappa shape index (κ2) is 5.46. The van der Waals surface area contributed by atoms with Crippen LogP contribution >= 0.6 is 22.7 Å². The number of thiazole rings is 1. The first-order chi connectivity index (χ1) is 9.63. The average molecular weight is 306 g/mol. The summed E-state index contributed by atoms with van der Waals surface area (Å²) in [6, 6.07) is 1.99. The number of hydrogen-bond acceptors (Lipinski definition) is 5. The third kappa shape index (κ3) is 2.66. The number of Topliss-reactive ketones (excluding diaryl/α,β-unsaturated/α-hetero) is 1. The third-order valence-electron chi connectivity index (χ3n) is 3.31. The van der Waals surface area contributed by atoms with Gasteiger partial charge in [-0.25, -0.2) is 4.98 Å². The van der Waals surface area contributed by atoms with Crippen molar-refractivity contribution in [1.82, 2.24) is 4.98 Å². The van der Waals surface area contributed by atoms with E-state index in [0.717, 1.165) is 17.7 Å². The van der Waals surface area contributed by atoms with Gasteiger partial charge in [0.25, 0.3) is 5.91 Å². The summed E-state index contributed by atoms with van der Waals surface area (Å²) in [5, 5.41) is 4.91. The molecule has 0 saturated carbocycles. The van der Waals surface area contributed by atoms with E-state index in [-0.39, 0.29) is 11.7 Å². The molecule has 0 aromatic carbocycles. The van der Waals surface area contributed by atoms with Crippen molar-refractivity contribution in [3.05, 3.63) is 32.5 Å². The number of aryl methyl sites for hydroxylation is 2. The van der Waals surface area contributed by atoms with E-state index < -0.39 is 0 Å². The van der Waals surface area contributed by atoms with Crippen LogP contribution in [0.3, 0.4) is 0 Å². The largest absolute Gasteiger partial charge is 0.297 e. The minimum absolute atomic E-state index is 0.0895. The van der Waals surface area contributed by atoms with Gasteiger partial charge in [0.2, 0.25) is 0 Å². The lowest BCUT2D eigenvalue weighted by Crippen LogP contribution is -2.10. The van der Waals surface area contributed by atoms with E-state index in [1.54, 1.807) is 16.7 Å². The molecule has 2 heterocycles. The zero-order valence-electron chi connectivity index (χ0n) is 11.1. The van der Waals surface area contributed by atoms with Crippen molar-refractivity contribution in [1.29, 1.82) is 0 Å². The van der Waals surface area contributed by atoms with Crippen LogP contribution in [-0.2, 0) is 12.8 Å². The van der Waals surface area contributed by atoms with Gasteiger partial charge >= 0.3 is 0 Å². The van der Waals surface area contributed by atoms with Crippen LogP contribution in [0.5, 0.6) is 0 Å². The predicted octanol–water partition coefficient (Wildman–Crippen LogP) is 3.54. The number of thiophene rings is 1. The Morgan fingerprint density at radius 2 is 2.10 bits per heavy atom. The fourth-order valence-corrected chi connectivity index (χ4v) is 4.15. The van der Waals surface area contributed by atoms with Crippen molar-refractivity contribution in [2.75, 3.05) is 5.32 Å². The highest BCUT2D eigenvalue weighted by Gasteiger charge is 2.18. The van der Waals surface area contributed by atoms with Crippen molar-refractivity contribution in [2.45, 2.75) is 32.6 Å². The number of hydrogen-bond donors (Lipinski definition) is 1. The molecule has 0 radical (unpaired) electrons. The van der Waals surface area contributed by atoms with Crippen LogP contribution in [0.15, 0.2) is 11.4 Å². The Hall–Kier alpha value is -1.53. The number of rotatable bonds is 3. The lowest BCUT2D eigenvalue weighted by molar-refractivity contribution is 0.100. The highest BCUT2D eigenvalue weighted by Crippen LogP contribution is 2.30. The molecule has 0 atom stereocenters. The fraction of sp³-hybridized carbons (Fsp3) is 0.357. The first-order valence-corrected chi connectivity index (χ1v) is 8.22. The van der Waals surface area contributed by atoms with Gasteiger partial charge in [-0.3, -0.25) is 14.9 Å². The molecule has 0 saturated heterocycles. The molecular weight excluding hydrogens is 292 g/mol. The Labute approximate surface area is 124 Å². The zero-order valence-corrected chi connectivity index (χ0v) is 12.7. The van der Waals surface area contributed by atoms with Gasteiger partial charge in [0.15, 0.2) is 10.9 Å². The molecule has 1 N–H and O–H groups in total. The van der Waals surface area contributed by atoms with Gasteiger partial charge in [-0.1, -0.05) is 0 Å². The molecule has 0 aliphatic heterocycles. The highest BCUT2D eigenvalue weighted by molar-refractivity contribution is 7.15. The summed E-state index contributed by atoms with van der Waals surface area (Å²) in [4.78, 5) is 29.5. The number of fused-ring (bicyclic) bond motifs is 1. The number of anilines is 1. The standard InChI is InChI=1S/C14H14N2O2S2/c1-8(17)10-7-19-14(15-10)16-13(18)12-6-9-4-2-3-5-11(9)20-12/h6-7H,2-5H2,1H3,(H,15,16,18). The second-order valence-electron chi connectivity index (χ2n) is 4.81. The summed E-state index contributed by atoms with van der Waals surface area (Å²) in [5.41, 5.74) is 1.71. The molecule has 0 bridgehead atoms. The maximum Gasteiger partial charge on any atom is 0.267 e. The zero-order chi connectivity index (χ0) is 14.1. The molecule has 0 unspecified atom stereocenters. The Kier molecular flexibility index (Phi) is 3.67. The molecule has 1 aliphatic carbocycles. The van der Waals surface area contributed by atoms with Crippen molar-refractivity contribution in [3.8, 4) is 0 Å². The monoisotopic (exact) mass is 306 g/mol. The normalized spacial score (nSPS) is 13.8. The molecule has 104 valence electrons. The number of carbonyl (C=O) groups is 2. The van der Waals surface area contributed by atoms with Crippen LogP contribution in [-0.4, -0.2) is 16.7 Å². The van der Waals surface area contributed by atoms with Crippen molar-refractivity contribution in [3.63, 3.8) is 0 Å². The molecule has 4 nitrogen and oxygen atoms in total. The number of nitrogens with zero attached hydrogens (tertiary/aromatic N) is 1. The summed E-state index contributed by atoms with van der Waals surface area (Å²) in [5.74, 6) is -0.220. The van der Waals surface area contributed by atoms with Gasteiger partial charge in [0, 0.05) is 17.2 Å². The van der Waals surface area contributed by atoms with E-state index in [2.05, 4.69) is 10.3 Å². The molecule has 0 fully saturated rings. The molecule has 20 heavy (non-hydrogen) atoms. The van der Waals surface area contributed by atoms with Crippen LogP contribution in [0.2, 0.25) is 0 Å². The maximum atomic E-state index is 12.2. The van der Waals surface area contributed by atoms with Crippen molar-refractivity contribution in [2.24, 2.45) is 0 Å². The Bertz CT molecular complexity index is 649. The van der Waals surface area contributed by atoms with E-state index in [9.17, 15) is 9.59 Å². The first-order valence-electron chi connectivity index (χ1n) is 6.53. The first kappa shape index (κ1) is 13.5. The number of aromatic nitrogens is 1. The van der Waals surface area contributed by atoms with E-state index in [0.29, 0.717) is 10.8 Å². The lowest BCUT2D eigenvalue weighted by Gasteiger charge is -2.08. The quantitative estimate of drug-likeness (QED) is 0.882. The Morgan fingerprint density at radius 1 is 1.30 bits per heavy atom. The highest BCUT2D eigenvalue weighted by atomic mass is 32.1. The minimum Gasteiger partial charge on any atom is -0.297 e. The van der Waals surface area contributed by atoms with Crippen LogP contribution in [0.1, 0.15) is 50.4 Å². The predicted molar refractivity (Wildman–Crippen MR) is 81.0 cm³/mol. The minimum atomic E-state index is -0.131. The number of amides is 1. The van der Waals surface area contributed by atoms with Crippen LogP contribution < -0.4 is 5.32 Å². The number of nitrogens with one attached hydrogen (secondary N) is 1. The molecule has 3 rings (SSSR count). The topological polar surface area (TPSA) is 59.1 Å². The van der Waals surface area contributed by atoms with Crippen molar-refractivity contribution < 1.29 is 9.59 Å². The Morgan fingerprint density at radius 3 is 2.80 bits per heavy atom. The van der Waals surface area contributed by atoms with E-state index in [1.807, 2.05) is 6.07 Å². The van der Waals surface area contributed by atoms with Gasteiger partial charge in [-0.2, -0.15) is 0 Å². The van der Waals surface area contributed by atoms with Gasteiger partial charge in [0.1, 0.15) is 5.69 Å². The third-order valence-corrected chi connectivity index (χ3v) is 5.30. The summed E-state index contributed by atoms with van der Waals surface area (Å²) in [7, 11) is 0. The number of ketones is 1. The SMILES string of the molecule is CC(=O)c1csc(NC(=O)c2cc3c(s2)CCCC3)n1. The molecular formula is C14H14N2O2S2. The molecule has 6 heteroatoms. The van der Waals surface area contributed by atoms with Gasteiger partial charge in [0.05, 0.1) is 4.88 Å². The van der Waals surface area contributed by atoms with E-state index in [1.165, 1.54) is 41.5 Å². The molecule has 1 amide bonds. The van der Waals surface area contributed by atoms with E-state index >= 15 is 0 Å². The van der Waals surface area contributed by atoms with Crippen LogP contribution in [0.4, 0.5) is 5.13 Å². The molecule has 0 spiro atoms. The summed E-state index contributed by atoms with van der Waals surface area (Å²) in [6.07, 6.45) is 4.58. The number of carbonyl (C=O) groups excluding carboxylic acids is 2. The second-order valence-corrected chi connectivity index (χ2v) is 6.81. The van der Waals surface area contributed by atoms with Crippen LogP contribution in [0.25, 0.3) is 0 Å². The summed E-state index contributed by atoms with van der Waals surface area (Å²) in [6.45, 7) is 1.47. The van der Waals surface area contributed by atoms with Gasteiger partial charge < -0.3 is 0 Å². The smallest absolute Gasteiger partial charge is 0.267 e. The van der Waals surface area contributed by atoms with Gasteiger partial charge in [-0.05, 0) is 37.3 Å².